The van der Waals surface area contributed by atoms with E-state index in [0.29, 0.717) is 16.9 Å². The molecule has 0 fully saturated rings. The van der Waals surface area contributed by atoms with Crippen molar-refractivity contribution < 1.29 is 35.9 Å². The molecular formula is C20H20BrN3O3. The summed E-state index contributed by atoms with van der Waals surface area (Å²) in [5.74, 6) is 0.639. The molecule has 0 atom stereocenters. The molecule has 0 aliphatic carbocycles. The van der Waals surface area contributed by atoms with E-state index in [1.807, 2.05) is 31.2 Å². The Morgan fingerprint density at radius 2 is 1.59 bits per heavy atom. The average Bonchev–Trinajstić information content (AvgIpc) is 3.09. The van der Waals surface area contributed by atoms with Gasteiger partial charge in [-0.2, -0.15) is 0 Å². The number of aryl methyl sites for hydroxylation is 1. The molecule has 0 aliphatic rings. The van der Waals surface area contributed by atoms with Crippen LogP contribution in [0.1, 0.15) is 26.3 Å². The SMILES string of the molecule is COc1ccc(C(=O)C[n+]2cnn(CC(=O)c3ccc(C)cc3)c2)cc1.[Br-]. The summed E-state index contributed by atoms with van der Waals surface area (Å²) in [6, 6.07) is 14.4. The zero-order valence-electron chi connectivity index (χ0n) is 15.1. The highest BCUT2D eigenvalue weighted by atomic mass is 79.9. The van der Waals surface area contributed by atoms with E-state index in [1.54, 1.807) is 48.6 Å². The van der Waals surface area contributed by atoms with Crippen LogP contribution in [0.4, 0.5) is 0 Å². The van der Waals surface area contributed by atoms with E-state index in [0.717, 1.165) is 5.56 Å². The van der Waals surface area contributed by atoms with E-state index >= 15 is 0 Å². The lowest BCUT2D eigenvalue weighted by Gasteiger charge is -2.01. The van der Waals surface area contributed by atoms with Crippen LogP contribution in [0.25, 0.3) is 0 Å². The Balaban J connectivity index is 0.00000261. The molecule has 1 aromatic heterocycles. The number of aromatic nitrogens is 3. The average molecular weight is 430 g/mol. The van der Waals surface area contributed by atoms with Crippen LogP contribution >= 0.6 is 0 Å². The molecule has 0 unspecified atom stereocenters. The quantitative estimate of drug-likeness (QED) is 0.366. The molecule has 0 saturated carbocycles. The predicted octanol–water partition coefficient (Wildman–Crippen LogP) is -0.743. The van der Waals surface area contributed by atoms with Crippen LogP contribution in [0.2, 0.25) is 0 Å². The van der Waals surface area contributed by atoms with Crippen LogP contribution < -0.4 is 26.3 Å². The Morgan fingerprint density at radius 3 is 2.22 bits per heavy atom. The first-order valence-corrected chi connectivity index (χ1v) is 8.24. The third-order valence-electron chi connectivity index (χ3n) is 4.05. The molecule has 0 amide bonds. The molecule has 27 heavy (non-hydrogen) atoms. The number of carbonyl (C=O) groups is 2. The largest absolute Gasteiger partial charge is 1.00 e. The zero-order chi connectivity index (χ0) is 18.5. The smallest absolute Gasteiger partial charge is 0.265 e. The van der Waals surface area contributed by atoms with E-state index in [4.69, 9.17) is 4.74 Å². The first kappa shape index (κ1) is 20.5. The Labute approximate surface area is 168 Å². The van der Waals surface area contributed by atoms with Crippen molar-refractivity contribution in [2.24, 2.45) is 0 Å². The van der Waals surface area contributed by atoms with Gasteiger partial charge >= 0.3 is 0 Å². The Morgan fingerprint density at radius 1 is 1.00 bits per heavy atom. The van der Waals surface area contributed by atoms with Gasteiger partial charge in [-0.1, -0.05) is 29.8 Å². The number of benzene rings is 2. The molecule has 140 valence electrons. The third kappa shape index (κ3) is 5.34. The lowest BCUT2D eigenvalue weighted by atomic mass is 10.1. The van der Waals surface area contributed by atoms with Crippen molar-refractivity contribution >= 4 is 11.6 Å². The number of methoxy groups -OCH3 is 1. The molecule has 7 heteroatoms. The molecule has 6 nitrogen and oxygen atoms in total. The summed E-state index contributed by atoms with van der Waals surface area (Å²) < 4.78 is 8.28. The fraction of sp³-hybridized carbons (Fsp3) is 0.200. The number of ether oxygens (including phenoxy) is 1. The highest BCUT2D eigenvalue weighted by Crippen LogP contribution is 2.11. The van der Waals surface area contributed by atoms with E-state index < -0.39 is 0 Å². The fourth-order valence-electron chi connectivity index (χ4n) is 2.54. The Bertz CT molecular complexity index is 918. The van der Waals surface area contributed by atoms with Gasteiger partial charge in [0.05, 0.1) is 7.11 Å². The summed E-state index contributed by atoms with van der Waals surface area (Å²) in [5, 5.41) is 4.16. The van der Waals surface area contributed by atoms with Gasteiger partial charge in [0.15, 0.2) is 18.1 Å². The summed E-state index contributed by atoms with van der Waals surface area (Å²) in [6.45, 7) is 2.27. The molecule has 3 rings (SSSR count). The molecule has 0 radical (unpaired) electrons. The van der Waals surface area contributed by atoms with Crippen molar-refractivity contribution in [3.05, 3.63) is 77.9 Å². The number of halogens is 1. The lowest BCUT2D eigenvalue weighted by Crippen LogP contribution is -3.00. The van der Waals surface area contributed by atoms with Gasteiger partial charge in [0.1, 0.15) is 12.3 Å². The van der Waals surface area contributed by atoms with Gasteiger partial charge in [0, 0.05) is 16.2 Å². The van der Waals surface area contributed by atoms with Crippen LogP contribution in [0.5, 0.6) is 5.75 Å². The zero-order valence-corrected chi connectivity index (χ0v) is 16.7. The normalized spacial score (nSPS) is 10.1. The van der Waals surface area contributed by atoms with Gasteiger partial charge in [-0.15, -0.1) is 4.68 Å². The van der Waals surface area contributed by atoms with Gasteiger partial charge in [0.25, 0.3) is 6.33 Å². The van der Waals surface area contributed by atoms with Gasteiger partial charge in [-0.05, 0) is 31.2 Å². The molecule has 0 aliphatic heterocycles. The predicted molar refractivity (Wildman–Crippen MR) is 95.3 cm³/mol. The molecule has 0 spiro atoms. The van der Waals surface area contributed by atoms with E-state index in [1.165, 1.54) is 4.68 Å². The first-order valence-electron chi connectivity index (χ1n) is 8.24. The van der Waals surface area contributed by atoms with Crippen LogP contribution in [-0.4, -0.2) is 28.5 Å². The maximum Gasteiger partial charge on any atom is 0.265 e. The minimum absolute atomic E-state index is 0. The van der Waals surface area contributed by atoms with Crippen molar-refractivity contribution in [3.63, 3.8) is 0 Å². The Hall–Kier alpha value is -2.80. The second kappa shape index (κ2) is 9.23. The van der Waals surface area contributed by atoms with Crippen molar-refractivity contribution in [1.82, 2.24) is 9.78 Å². The number of rotatable bonds is 7. The number of Topliss-reactive ketones (excluding diaryl/α,β-unsaturated/α-hetero) is 2. The number of carbonyl (C=O) groups excluding carboxylic acids is 2. The maximum atomic E-state index is 12.3. The maximum absolute atomic E-state index is 12.3. The third-order valence-corrected chi connectivity index (χ3v) is 4.05. The van der Waals surface area contributed by atoms with Crippen LogP contribution in [0.3, 0.4) is 0 Å². The number of hydrogen-bond acceptors (Lipinski definition) is 4. The molecule has 0 saturated heterocycles. The minimum Gasteiger partial charge on any atom is -1.00 e. The molecule has 2 aromatic carbocycles. The van der Waals surface area contributed by atoms with Crippen molar-refractivity contribution in [2.45, 2.75) is 20.0 Å². The van der Waals surface area contributed by atoms with Crippen molar-refractivity contribution in [3.8, 4) is 5.75 Å². The monoisotopic (exact) mass is 429 g/mol. The summed E-state index contributed by atoms with van der Waals surface area (Å²) in [7, 11) is 1.58. The summed E-state index contributed by atoms with van der Waals surface area (Å²) in [5.41, 5.74) is 2.35. The van der Waals surface area contributed by atoms with E-state index in [9.17, 15) is 9.59 Å². The highest BCUT2D eigenvalue weighted by Gasteiger charge is 2.15. The minimum atomic E-state index is -0.0398. The number of hydrogen-bond donors (Lipinski definition) is 0. The lowest BCUT2D eigenvalue weighted by molar-refractivity contribution is -0.683. The molecular weight excluding hydrogens is 410 g/mol. The van der Waals surface area contributed by atoms with Crippen LogP contribution in [-0.2, 0) is 13.1 Å². The first-order chi connectivity index (χ1) is 12.5. The number of nitrogens with zero attached hydrogens (tertiary/aromatic N) is 3. The summed E-state index contributed by atoms with van der Waals surface area (Å²) >= 11 is 0. The van der Waals surface area contributed by atoms with Crippen molar-refractivity contribution in [1.29, 1.82) is 0 Å². The van der Waals surface area contributed by atoms with Gasteiger partial charge in [-0.3, -0.25) is 9.59 Å². The second-order valence-electron chi connectivity index (χ2n) is 6.06. The van der Waals surface area contributed by atoms with Crippen molar-refractivity contribution in [2.75, 3.05) is 7.11 Å². The molecule has 1 heterocycles. The standard InChI is InChI=1S/C20H20N3O3.BrH/c1-15-3-5-16(6-4-15)20(25)12-23-14-22(13-21-23)11-19(24)17-7-9-18(26-2)10-8-17;/h3-10,13-14H,11-12H2,1-2H3;1H/q+1;/p-1. The number of ketones is 2. The van der Waals surface area contributed by atoms with Gasteiger partial charge in [0.2, 0.25) is 6.33 Å². The van der Waals surface area contributed by atoms with Crippen LogP contribution in [0.15, 0.2) is 61.2 Å². The fourth-order valence-corrected chi connectivity index (χ4v) is 2.54. The van der Waals surface area contributed by atoms with E-state index in [2.05, 4.69) is 5.10 Å². The summed E-state index contributed by atoms with van der Waals surface area (Å²) in [6.07, 6.45) is 3.21. The molecule has 0 N–H and O–H groups in total. The van der Waals surface area contributed by atoms with Crippen LogP contribution in [0, 0.1) is 6.92 Å². The molecule has 3 aromatic rings. The van der Waals surface area contributed by atoms with Gasteiger partial charge < -0.3 is 21.7 Å². The van der Waals surface area contributed by atoms with E-state index in [-0.39, 0.29) is 41.6 Å². The van der Waals surface area contributed by atoms with Gasteiger partial charge in [-0.25, -0.2) is 4.57 Å². The Kier molecular flexibility index (Phi) is 7.01. The second-order valence-corrected chi connectivity index (χ2v) is 6.06. The molecule has 0 bridgehead atoms. The highest BCUT2D eigenvalue weighted by molar-refractivity contribution is 5.96. The summed E-state index contributed by atoms with van der Waals surface area (Å²) in [4.78, 5) is 24.6. The topological polar surface area (TPSA) is 65.1 Å².